The van der Waals surface area contributed by atoms with E-state index in [0.717, 1.165) is 24.2 Å². The Bertz CT molecular complexity index is 879. The summed E-state index contributed by atoms with van der Waals surface area (Å²) in [6.07, 6.45) is 2.13. The highest BCUT2D eigenvalue weighted by Crippen LogP contribution is 2.34. The van der Waals surface area contributed by atoms with Gasteiger partial charge in [-0.3, -0.25) is 9.69 Å². The molecule has 0 spiro atoms. The van der Waals surface area contributed by atoms with Gasteiger partial charge in [-0.15, -0.1) is 0 Å². The van der Waals surface area contributed by atoms with Crippen LogP contribution in [0.15, 0.2) is 42.5 Å². The molecule has 1 aliphatic carbocycles. The van der Waals surface area contributed by atoms with Crippen LogP contribution in [0.2, 0.25) is 0 Å². The Morgan fingerprint density at radius 1 is 1.10 bits per heavy atom. The zero-order valence-corrected chi connectivity index (χ0v) is 16.9. The first kappa shape index (κ1) is 20.9. The summed E-state index contributed by atoms with van der Waals surface area (Å²) in [5.74, 6) is 0.334. The number of hydrogen-bond acceptors (Lipinski definition) is 4. The minimum absolute atomic E-state index is 0.0283. The molecule has 0 amide bonds. The predicted octanol–water partition coefficient (Wildman–Crippen LogP) is 3.60. The Labute approximate surface area is 175 Å². The van der Waals surface area contributed by atoms with Crippen molar-refractivity contribution in [2.24, 2.45) is 5.92 Å². The fourth-order valence-corrected chi connectivity index (χ4v) is 4.74. The maximum absolute atomic E-state index is 13.1. The van der Waals surface area contributed by atoms with Crippen molar-refractivity contribution < 1.29 is 23.4 Å². The standard InChI is InChI=1S/C24H27F2NO3/c25-10-13-30-23-3-1-2-18-14-22(28)21(15-20(18)23)27-11-8-17(9-12-27)24(29)16-4-6-19(26)7-5-16/h1-7,17,21-22,28H,8-15H2/i25-1. The molecule has 0 aromatic heterocycles. The van der Waals surface area contributed by atoms with Crippen LogP contribution in [0, 0.1) is 11.7 Å². The molecule has 160 valence electrons. The third kappa shape index (κ3) is 4.40. The lowest BCUT2D eigenvalue weighted by molar-refractivity contribution is 0.0234. The van der Waals surface area contributed by atoms with Crippen LogP contribution < -0.4 is 4.74 Å². The summed E-state index contributed by atoms with van der Waals surface area (Å²) in [7, 11) is 0. The predicted molar refractivity (Wildman–Crippen MR) is 110 cm³/mol. The number of aliphatic hydroxyl groups is 1. The highest BCUT2D eigenvalue weighted by Gasteiger charge is 2.36. The number of piperidine rings is 1. The van der Waals surface area contributed by atoms with Gasteiger partial charge in [0.1, 0.15) is 24.8 Å². The van der Waals surface area contributed by atoms with Crippen LogP contribution in [-0.4, -0.2) is 54.3 Å². The van der Waals surface area contributed by atoms with Crippen LogP contribution >= 0.6 is 0 Å². The number of carbonyl (C=O) groups is 1. The number of Topliss-reactive ketones (excluding diaryl/α,β-unsaturated/α-hetero) is 1. The van der Waals surface area contributed by atoms with Crippen molar-refractivity contribution >= 4 is 5.78 Å². The normalized spacial score (nSPS) is 22.5. The Morgan fingerprint density at radius 3 is 2.53 bits per heavy atom. The molecule has 6 heteroatoms. The van der Waals surface area contributed by atoms with Gasteiger partial charge in [0.15, 0.2) is 5.78 Å². The van der Waals surface area contributed by atoms with E-state index in [1.54, 1.807) is 12.1 Å². The van der Waals surface area contributed by atoms with Crippen molar-refractivity contribution in [1.29, 1.82) is 0 Å². The van der Waals surface area contributed by atoms with E-state index in [1.165, 1.54) is 12.1 Å². The van der Waals surface area contributed by atoms with Gasteiger partial charge < -0.3 is 9.84 Å². The van der Waals surface area contributed by atoms with Gasteiger partial charge in [-0.25, -0.2) is 8.78 Å². The topological polar surface area (TPSA) is 49.8 Å². The first-order valence-corrected chi connectivity index (χ1v) is 10.6. The van der Waals surface area contributed by atoms with Crippen LogP contribution in [0.1, 0.15) is 34.3 Å². The molecule has 30 heavy (non-hydrogen) atoms. The molecule has 1 N–H and O–H groups in total. The third-order valence-electron chi connectivity index (χ3n) is 6.35. The number of ketones is 1. The van der Waals surface area contributed by atoms with Crippen molar-refractivity contribution in [3.63, 3.8) is 0 Å². The number of hydrogen-bond donors (Lipinski definition) is 1. The third-order valence-corrected chi connectivity index (χ3v) is 6.35. The molecule has 0 bridgehead atoms. The van der Waals surface area contributed by atoms with Crippen molar-refractivity contribution in [2.75, 3.05) is 26.4 Å². The molecule has 2 aliphatic rings. The Morgan fingerprint density at radius 2 is 1.83 bits per heavy atom. The van der Waals surface area contributed by atoms with E-state index in [-0.39, 0.29) is 30.2 Å². The number of halogens is 2. The van der Waals surface area contributed by atoms with Gasteiger partial charge in [0.05, 0.1) is 6.10 Å². The molecule has 2 aromatic carbocycles. The van der Waals surface area contributed by atoms with E-state index in [0.29, 0.717) is 37.0 Å². The molecule has 1 fully saturated rings. The van der Waals surface area contributed by atoms with Gasteiger partial charge in [-0.1, -0.05) is 12.1 Å². The number of aliphatic hydroxyl groups excluding tert-OH is 1. The average Bonchev–Trinajstić information content (AvgIpc) is 2.77. The van der Waals surface area contributed by atoms with Crippen LogP contribution in [0.25, 0.3) is 0 Å². The zero-order chi connectivity index (χ0) is 21.1. The lowest BCUT2D eigenvalue weighted by Crippen LogP contribution is -2.51. The van der Waals surface area contributed by atoms with Gasteiger partial charge in [0.2, 0.25) is 0 Å². The number of likely N-dealkylation sites (tertiary alicyclic amines) is 1. The van der Waals surface area contributed by atoms with Crippen molar-refractivity contribution in [1.82, 2.24) is 4.90 Å². The van der Waals surface area contributed by atoms with Crippen LogP contribution in [0.4, 0.5) is 8.78 Å². The molecule has 2 aromatic rings. The van der Waals surface area contributed by atoms with Gasteiger partial charge >= 0.3 is 0 Å². The maximum atomic E-state index is 13.1. The second kappa shape index (κ2) is 9.23. The molecule has 1 saturated heterocycles. The van der Waals surface area contributed by atoms with E-state index >= 15 is 0 Å². The summed E-state index contributed by atoms with van der Waals surface area (Å²) in [6, 6.07) is 11.4. The van der Waals surface area contributed by atoms with Gasteiger partial charge in [-0.2, -0.15) is 0 Å². The Hall–Kier alpha value is -2.31. The van der Waals surface area contributed by atoms with Crippen LogP contribution in [0.3, 0.4) is 0 Å². The second-order valence-corrected chi connectivity index (χ2v) is 8.16. The monoisotopic (exact) mass is 414 g/mol. The van der Waals surface area contributed by atoms with Crippen molar-refractivity contribution in [3.05, 3.63) is 65.0 Å². The summed E-state index contributed by atoms with van der Waals surface area (Å²) in [5.41, 5.74) is 2.65. The van der Waals surface area contributed by atoms with E-state index in [2.05, 4.69) is 4.90 Å². The van der Waals surface area contributed by atoms with Crippen LogP contribution in [-0.2, 0) is 12.8 Å². The van der Waals surface area contributed by atoms with Crippen molar-refractivity contribution in [3.8, 4) is 5.75 Å². The van der Waals surface area contributed by atoms with Gasteiger partial charge in [0.25, 0.3) is 0 Å². The lowest BCUT2D eigenvalue weighted by atomic mass is 9.82. The van der Waals surface area contributed by atoms with E-state index in [1.807, 2.05) is 18.2 Å². The molecular formula is C24H27F2NO3. The molecule has 2 atom stereocenters. The number of ether oxygens (including phenoxy) is 1. The highest BCUT2D eigenvalue weighted by atomic mass is 19.1. The van der Waals surface area contributed by atoms with Gasteiger partial charge in [-0.05, 0) is 73.8 Å². The molecule has 4 nitrogen and oxygen atoms in total. The molecule has 4 rings (SSSR count). The summed E-state index contributed by atoms with van der Waals surface area (Å²) in [4.78, 5) is 15.0. The molecule has 1 heterocycles. The average molecular weight is 414 g/mol. The smallest absolute Gasteiger partial charge is 0.166 e. The summed E-state index contributed by atoms with van der Waals surface area (Å²) < 4.78 is 31.3. The fourth-order valence-electron chi connectivity index (χ4n) is 4.74. The van der Waals surface area contributed by atoms with Crippen molar-refractivity contribution in [2.45, 2.75) is 37.8 Å². The van der Waals surface area contributed by atoms with E-state index < -0.39 is 12.8 Å². The summed E-state index contributed by atoms with van der Waals surface area (Å²) in [6.45, 7) is 0.941. The highest BCUT2D eigenvalue weighted by molar-refractivity contribution is 5.97. The molecular weight excluding hydrogens is 387 g/mol. The molecule has 2 unspecified atom stereocenters. The minimum atomic E-state index is -0.536. The number of rotatable bonds is 6. The van der Waals surface area contributed by atoms with Gasteiger partial charge in [0, 0.05) is 23.9 Å². The van der Waals surface area contributed by atoms with E-state index in [9.17, 15) is 18.7 Å². The van der Waals surface area contributed by atoms with Crippen LogP contribution in [0.5, 0.6) is 5.75 Å². The number of nitrogens with zero attached hydrogens (tertiary/aromatic N) is 1. The minimum Gasteiger partial charge on any atom is -0.491 e. The SMILES string of the molecule is O=C(c1ccc(F)cc1)C1CCN(C2Cc3c(cccc3OCC[18F])CC2O)CC1. The lowest BCUT2D eigenvalue weighted by Gasteiger charge is -2.42. The summed E-state index contributed by atoms with van der Waals surface area (Å²) >= 11 is 0. The summed E-state index contributed by atoms with van der Waals surface area (Å²) in [5, 5.41) is 10.8. The Kier molecular flexibility index (Phi) is 6.44. The Balaban J connectivity index is 1.41. The molecule has 0 saturated carbocycles. The zero-order valence-electron chi connectivity index (χ0n) is 16.9. The quantitative estimate of drug-likeness (QED) is 0.734. The molecule has 0 radical (unpaired) electrons. The number of fused-ring (bicyclic) bond motifs is 1. The number of alkyl halides is 1. The largest absolute Gasteiger partial charge is 0.491 e. The van der Waals surface area contributed by atoms with E-state index in [4.69, 9.17) is 4.74 Å². The maximum Gasteiger partial charge on any atom is 0.166 e. The first-order chi connectivity index (χ1) is 14.6. The first-order valence-electron chi connectivity index (χ1n) is 10.6. The fraction of sp³-hybridized carbons (Fsp3) is 0.458. The second-order valence-electron chi connectivity index (χ2n) is 8.16. The number of benzene rings is 2. The molecule has 1 aliphatic heterocycles. The number of carbonyl (C=O) groups excluding carboxylic acids is 1.